The van der Waals surface area contributed by atoms with Crippen LogP contribution in [-0.4, -0.2) is 54.4 Å². The number of aromatic amines is 1. The number of halogens is 2. The number of nitrogens with zero attached hydrogens (tertiary/aromatic N) is 3. The highest BCUT2D eigenvalue weighted by atomic mass is 32.2. The van der Waals surface area contributed by atoms with Crippen LogP contribution in [0.4, 0.5) is 20.4 Å². The zero-order valence-corrected chi connectivity index (χ0v) is 21.0. The Hall–Kier alpha value is -2.83. The second-order valence-corrected chi connectivity index (χ2v) is 10.7. The van der Waals surface area contributed by atoms with Gasteiger partial charge in [-0.05, 0) is 57.4 Å². The van der Waals surface area contributed by atoms with Crippen LogP contribution in [0.15, 0.2) is 28.2 Å². The van der Waals surface area contributed by atoms with Crippen molar-refractivity contribution >= 4 is 34.6 Å². The number of aliphatic hydroxyl groups excluding tert-OH is 2. The summed E-state index contributed by atoms with van der Waals surface area (Å²) in [6.07, 6.45) is 5.03. The largest absolute Gasteiger partial charge is 0.393 e. The van der Waals surface area contributed by atoms with Gasteiger partial charge in [0.2, 0.25) is 0 Å². The van der Waals surface area contributed by atoms with E-state index in [0.29, 0.717) is 37.0 Å². The Morgan fingerprint density at radius 3 is 2.16 bits per heavy atom. The van der Waals surface area contributed by atoms with Gasteiger partial charge >= 0.3 is 0 Å². The minimum absolute atomic E-state index is 0.0302. The lowest BCUT2D eigenvalue weighted by Gasteiger charge is -2.27. The summed E-state index contributed by atoms with van der Waals surface area (Å²) in [6, 6.07) is 4.11. The van der Waals surface area contributed by atoms with E-state index in [1.807, 2.05) is 0 Å². The van der Waals surface area contributed by atoms with Crippen molar-refractivity contribution in [2.75, 3.05) is 10.6 Å². The van der Waals surface area contributed by atoms with Crippen molar-refractivity contribution in [2.24, 2.45) is 0 Å². The van der Waals surface area contributed by atoms with Gasteiger partial charge < -0.3 is 25.8 Å². The number of aromatic nitrogens is 4. The average Bonchev–Trinajstić information content (AvgIpc) is 2.88. The zero-order chi connectivity index (χ0) is 25.9. The molecule has 0 radical (unpaired) electrons. The molecule has 5 N–H and O–H groups in total. The van der Waals surface area contributed by atoms with Crippen LogP contribution in [0.25, 0.3) is 11.2 Å². The Bertz CT molecular complexity index is 1310. The quantitative estimate of drug-likeness (QED) is 0.228. The number of rotatable bonds is 7. The lowest BCUT2D eigenvalue weighted by molar-refractivity contribution is 0.125. The number of hydrogen-bond acceptors (Lipinski definition) is 9. The van der Waals surface area contributed by atoms with Gasteiger partial charge in [0, 0.05) is 23.4 Å². The molecule has 2 heterocycles. The van der Waals surface area contributed by atoms with E-state index < -0.39 is 17.2 Å². The highest BCUT2D eigenvalue weighted by molar-refractivity contribution is 7.98. The molecular weight excluding hydrogens is 502 g/mol. The smallest absolute Gasteiger partial charge is 0.292 e. The summed E-state index contributed by atoms with van der Waals surface area (Å²) in [7, 11) is 0. The van der Waals surface area contributed by atoms with Crippen LogP contribution in [0.5, 0.6) is 0 Å². The number of nitrogens with one attached hydrogen (secondary N) is 3. The first-order valence-electron chi connectivity index (χ1n) is 12.6. The van der Waals surface area contributed by atoms with E-state index in [9.17, 15) is 23.8 Å². The lowest BCUT2D eigenvalue weighted by Crippen LogP contribution is -2.31. The standard InChI is InChI=1S/C25H30F2N6O3S/c26-18-3-1-2-13(19(18)27)12-37-25-32-21(28-14-4-8-16(34)9-5-14)20-22(33-25)31-24(36)23(30-20)29-15-6-10-17(35)11-7-15/h1-3,14-17,34-35H,4-12H2,(H,29,30)(H2,28,31,32,33,36). The maximum Gasteiger partial charge on any atom is 0.292 e. The number of benzene rings is 1. The number of fused-ring (bicyclic) bond motifs is 1. The highest BCUT2D eigenvalue weighted by Crippen LogP contribution is 2.29. The first-order chi connectivity index (χ1) is 17.9. The van der Waals surface area contributed by atoms with E-state index in [1.54, 1.807) is 0 Å². The van der Waals surface area contributed by atoms with Crippen LogP contribution in [0.2, 0.25) is 0 Å². The number of hydrogen-bond donors (Lipinski definition) is 5. The normalized spacial score (nSPS) is 24.2. The molecule has 0 unspecified atom stereocenters. The van der Waals surface area contributed by atoms with E-state index in [0.717, 1.165) is 43.5 Å². The predicted octanol–water partition coefficient (Wildman–Crippen LogP) is 3.71. The molecule has 3 aromatic rings. The molecule has 2 aliphatic rings. The molecular formula is C25H30F2N6O3S. The molecule has 9 nitrogen and oxygen atoms in total. The SMILES string of the molecule is O=c1[nH]c2nc(SCc3cccc(F)c3F)nc(NC3CCC(O)CC3)c2nc1NC1CCC(O)CC1. The molecule has 0 atom stereocenters. The van der Waals surface area contributed by atoms with E-state index in [2.05, 4.69) is 30.6 Å². The summed E-state index contributed by atoms with van der Waals surface area (Å²) in [5, 5.41) is 26.6. The molecule has 1 aromatic carbocycles. The minimum atomic E-state index is -0.916. The molecule has 198 valence electrons. The van der Waals surface area contributed by atoms with Crippen LogP contribution >= 0.6 is 11.8 Å². The summed E-state index contributed by atoms with van der Waals surface area (Å²) in [4.78, 5) is 29.3. The molecule has 2 fully saturated rings. The van der Waals surface area contributed by atoms with Gasteiger partial charge in [-0.15, -0.1) is 0 Å². The Balaban J connectivity index is 1.44. The summed E-state index contributed by atoms with van der Waals surface area (Å²) in [5.74, 6) is -1.11. The predicted molar refractivity (Wildman–Crippen MR) is 138 cm³/mol. The number of anilines is 2. The van der Waals surface area contributed by atoms with Crippen molar-refractivity contribution in [3.05, 3.63) is 45.8 Å². The zero-order valence-electron chi connectivity index (χ0n) is 20.2. The fourth-order valence-electron chi connectivity index (χ4n) is 4.85. The van der Waals surface area contributed by atoms with Gasteiger partial charge in [-0.2, -0.15) is 0 Å². The Morgan fingerprint density at radius 1 is 0.892 bits per heavy atom. The molecule has 2 saturated carbocycles. The van der Waals surface area contributed by atoms with Crippen LogP contribution in [0, 0.1) is 11.6 Å². The molecule has 0 saturated heterocycles. The molecule has 5 rings (SSSR count). The first-order valence-corrected chi connectivity index (χ1v) is 13.6. The van der Waals surface area contributed by atoms with Crippen LogP contribution in [0.3, 0.4) is 0 Å². The highest BCUT2D eigenvalue weighted by Gasteiger charge is 2.24. The molecule has 12 heteroatoms. The number of aliphatic hydroxyl groups is 2. The second-order valence-electron chi connectivity index (χ2n) is 9.77. The Morgan fingerprint density at radius 2 is 1.51 bits per heavy atom. The third kappa shape index (κ3) is 6.19. The third-order valence-electron chi connectivity index (χ3n) is 7.00. The molecule has 2 aromatic heterocycles. The van der Waals surface area contributed by atoms with E-state index in [1.165, 1.54) is 12.1 Å². The van der Waals surface area contributed by atoms with Crippen LogP contribution in [0.1, 0.15) is 56.9 Å². The van der Waals surface area contributed by atoms with Gasteiger partial charge in [0.25, 0.3) is 5.56 Å². The molecule has 0 amide bonds. The van der Waals surface area contributed by atoms with Crippen molar-refractivity contribution in [3.63, 3.8) is 0 Å². The second kappa shape index (κ2) is 11.3. The van der Waals surface area contributed by atoms with Crippen LogP contribution in [-0.2, 0) is 5.75 Å². The third-order valence-corrected chi connectivity index (χ3v) is 7.89. The Kier molecular flexibility index (Phi) is 7.87. The Labute approximate surface area is 216 Å². The fraction of sp³-hybridized carbons (Fsp3) is 0.520. The maximum atomic E-state index is 14.1. The number of H-pyrrole nitrogens is 1. The van der Waals surface area contributed by atoms with Crippen LogP contribution < -0.4 is 16.2 Å². The van der Waals surface area contributed by atoms with E-state index in [4.69, 9.17) is 0 Å². The van der Waals surface area contributed by atoms with Gasteiger partial charge in [0.15, 0.2) is 39.6 Å². The summed E-state index contributed by atoms with van der Waals surface area (Å²) >= 11 is 1.13. The van der Waals surface area contributed by atoms with Crippen molar-refractivity contribution in [1.29, 1.82) is 0 Å². The van der Waals surface area contributed by atoms with Crippen molar-refractivity contribution < 1.29 is 19.0 Å². The van der Waals surface area contributed by atoms with Gasteiger partial charge in [-0.1, -0.05) is 23.9 Å². The molecule has 0 aliphatic heterocycles. The maximum absolute atomic E-state index is 14.1. The van der Waals surface area contributed by atoms with Gasteiger partial charge in [-0.3, -0.25) is 4.79 Å². The minimum Gasteiger partial charge on any atom is -0.393 e. The van der Waals surface area contributed by atoms with E-state index in [-0.39, 0.29) is 52.2 Å². The van der Waals surface area contributed by atoms with Gasteiger partial charge in [0.05, 0.1) is 12.2 Å². The summed E-state index contributed by atoms with van der Waals surface area (Å²) < 4.78 is 27.8. The summed E-state index contributed by atoms with van der Waals surface area (Å²) in [6.45, 7) is 0. The van der Waals surface area contributed by atoms with Crippen molar-refractivity contribution in [1.82, 2.24) is 19.9 Å². The van der Waals surface area contributed by atoms with Crippen molar-refractivity contribution in [2.45, 2.75) is 86.6 Å². The molecule has 0 spiro atoms. The van der Waals surface area contributed by atoms with Gasteiger partial charge in [0.1, 0.15) is 0 Å². The monoisotopic (exact) mass is 532 g/mol. The first kappa shape index (κ1) is 25.8. The topological polar surface area (TPSA) is 136 Å². The molecule has 37 heavy (non-hydrogen) atoms. The van der Waals surface area contributed by atoms with Crippen molar-refractivity contribution in [3.8, 4) is 0 Å². The lowest BCUT2D eigenvalue weighted by atomic mass is 9.93. The molecule has 0 bridgehead atoms. The van der Waals surface area contributed by atoms with E-state index >= 15 is 0 Å². The summed E-state index contributed by atoms with van der Waals surface area (Å²) in [5.41, 5.74) is 0.403. The molecule has 2 aliphatic carbocycles. The average molecular weight is 533 g/mol. The number of thioether (sulfide) groups is 1. The fourth-order valence-corrected chi connectivity index (χ4v) is 5.67. The van der Waals surface area contributed by atoms with Gasteiger partial charge in [-0.25, -0.2) is 23.7 Å².